The average Bonchev–Trinajstić information content (AvgIpc) is 2.90. The fourth-order valence-electron chi connectivity index (χ4n) is 2.12. The Balaban J connectivity index is 1.92. The number of hydrogen-bond donors (Lipinski definition) is 3. The lowest BCUT2D eigenvalue weighted by Crippen LogP contribution is -2.34. The molecule has 0 fully saturated rings. The quantitative estimate of drug-likeness (QED) is 0.733. The van der Waals surface area contributed by atoms with E-state index in [4.69, 9.17) is 4.74 Å². The molecule has 120 valence electrons. The highest BCUT2D eigenvalue weighted by Crippen LogP contribution is 2.21. The van der Waals surface area contributed by atoms with Crippen molar-refractivity contribution in [2.75, 3.05) is 19.8 Å². The fraction of sp³-hybridized carbons (Fsp3) is 0.438. The van der Waals surface area contributed by atoms with Crippen LogP contribution in [0.4, 0.5) is 4.39 Å². The van der Waals surface area contributed by atoms with Crippen molar-refractivity contribution in [1.82, 2.24) is 10.3 Å². The Bertz CT molecular complexity index is 639. The lowest BCUT2D eigenvalue weighted by Gasteiger charge is -2.13. The second-order valence-corrected chi connectivity index (χ2v) is 5.66. The average molecular weight is 308 g/mol. The highest BCUT2D eigenvalue weighted by Gasteiger charge is 2.16. The largest absolute Gasteiger partial charge is 0.389 e. The molecule has 1 unspecified atom stereocenters. The monoisotopic (exact) mass is 308 g/mol. The van der Waals surface area contributed by atoms with Crippen LogP contribution in [-0.2, 0) is 4.74 Å². The molecule has 22 heavy (non-hydrogen) atoms. The molecule has 0 saturated carbocycles. The summed E-state index contributed by atoms with van der Waals surface area (Å²) >= 11 is 0. The fourth-order valence-corrected chi connectivity index (χ4v) is 2.12. The van der Waals surface area contributed by atoms with Crippen LogP contribution in [-0.4, -0.2) is 41.9 Å². The molecule has 1 aromatic carbocycles. The zero-order chi connectivity index (χ0) is 16.1. The molecule has 2 rings (SSSR count). The molecule has 0 aliphatic rings. The summed E-state index contributed by atoms with van der Waals surface area (Å²) in [5.41, 5.74) is 0.786. The molecule has 0 aliphatic heterocycles. The first-order valence-corrected chi connectivity index (χ1v) is 7.28. The van der Waals surface area contributed by atoms with Gasteiger partial charge < -0.3 is 20.1 Å². The Morgan fingerprint density at radius 1 is 1.41 bits per heavy atom. The summed E-state index contributed by atoms with van der Waals surface area (Å²) in [5.74, 6) is -0.500. The molecule has 1 heterocycles. The predicted molar refractivity (Wildman–Crippen MR) is 82.3 cm³/mol. The number of aliphatic hydroxyl groups excluding tert-OH is 1. The normalized spacial score (nSPS) is 12.8. The van der Waals surface area contributed by atoms with Gasteiger partial charge in [-0.3, -0.25) is 4.79 Å². The van der Waals surface area contributed by atoms with Crippen LogP contribution in [0, 0.1) is 11.7 Å². The van der Waals surface area contributed by atoms with Gasteiger partial charge in [0.15, 0.2) is 0 Å². The molecule has 0 spiro atoms. The first-order valence-electron chi connectivity index (χ1n) is 7.28. The molecule has 6 heteroatoms. The van der Waals surface area contributed by atoms with Gasteiger partial charge in [-0.1, -0.05) is 19.9 Å². The molecule has 0 bridgehead atoms. The zero-order valence-corrected chi connectivity index (χ0v) is 12.7. The van der Waals surface area contributed by atoms with Gasteiger partial charge in [-0.05, 0) is 18.1 Å². The molecule has 0 aliphatic carbocycles. The van der Waals surface area contributed by atoms with Gasteiger partial charge >= 0.3 is 0 Å². The Labute approximate surface area is 128 Å². The smallest absolute Gasteiger partial charge is 0.253 e. The van der Waals surface area contributed by atoms with Crippen LogP contribution in [0.3, 0.4) is 0 Å². The van der Waals surface area contributed by atoms with Gasteiger partial charge in [-0.25, -0.2) is 4.39 Å². The maximum absolute atomic E-state index is 13.8. The van der Waals surface area contributed by atoms with Gasteiger partial charge in [0.05, 0.1) is 18.3 Å². The highest BCUT2D eigenvalue weighted by atomic mass is 19.1. The second-order valence-electron chi connectivity index (χ2n) is 5.66. The van der Waals surface area contributed by atoms with E-state index in [1.165, 1.54) is 12.3 Å². The number of benzene rings is 1. The third kappa shape index (κ3) is 4.05. The summed E-state index contributed by atoms with van der Waals surface area (Å²) in [4.78, 5) is 15.0. The predicted octanol–water partition coefficient (Wildman–Crippen LogP) is 2.07. The van der Waals surface area contributed by atoms with E-state index < -0.39 is 17.8 Å². The Hall–Kier alpha value is -1.92. The third-order valence-electron chi connectivity index (χ3n) is 3.16. The number of carbonyl (C=O) groups excluding carboxylic acids is 1. The van der Waals surface area contributed by atoms with Crippen LogP contribution in [0.1, 0.15) is 24.2 Å². The number of ether oxygens (including phenoxy) is 1. The summed E-state index contributed by atoms with van der Waals surface area (Å²) in [7, 11) is 0. The van der Waals surface area contributed by atoms with Crippen LogP contribution in [0.15, 0.2) is 24.4 Å². The molecule has 5 nitrogen and oxygen atoms in total. The van der Waals surface area contributed by atoms with Gasteiger partial charge in [-0.15, -0.1) is 0 Å². The number of aliphatic hydroxyl groups is 1. The van der Waals surface area contributed by atoms with Crippen molar-refractivity contribution in [3.63, 3.8) is 0 Å². The second kappa shape index (κ2) is 7.38. The van der Waals surface area contributed by atoms with E-state index in [0.29, 0.717) is 18.0 Å². The molecule has 2 aromatic rings. The molecule has 1 aromatic heterocycles. The minimum atomic E-state index is -0.794. The topological polar surface area (TPSA) is 74.3 Å². The minimum absolute atomic E-state index is 0.0536. The van der Waals surface area contributed by atoms with Crippen molar-refractivity contribution >= 4 is 16.8 Å². The summed E-state index contributed by atoms with van der Waals surface area (Å²) < 4.78 is 19.1. The lowest BCUT2D eigenvalue weighted by atomic mass is 10.1. The van der Waals surface area contributed by atoms with Crippen molar-refractivity contribution in [3.05, 3.63) is 35.8 Å². The van der Waals surface area contributed by atoms with E-state index in [0.717, 1.165) is 0 Å². The van der Waals surface area contributed by atoms with Crippen molar-refractivity contribution in [3.8, 4) is 0 Å². The molecule has 3 N–H and O–H groups in total. The van der Waals surface area contributed by atoms with Crippen LogP contribution in [0.25, 0.3) is 10.9 Å². The van der Waals surface area contributed by atoms with Crippen molar-refractivity contribution in [1.29, 1.82) is 0 Å². The lowest BCUT2D eigenvalue weighted by molar-refractivity contribution is 0.0259. The first kappa shape index (κ1) is 16.5. The van der Waals surface area contributed by atoms with E-state index in [2.05, 4.69) is 10.3 Å². The zero-order valence-electron chi connectivity index (χ0n) is 12.7. The number of carbonyl (C=O) groups is 1. The highest BCUT2D eigenvalue weighted by molar-refractivity contribution is 6.06. The molecular weight excluding hydrogens is 287 g/mol. The Kier molecular flexibility index (Phi) is 5.51. The Morgan fingerprint density at radius 2 is 2.18 bits per heavy atom. The number of amides is 1. The van der Waals surface area contributed by atoms with Crippen LogP contribution >= 0.6 is 0 Å². The van der Waals surface area contributed by atoms with Crippen molar-refractivity contribution < 1.29 is 19.0 Å². The third-order valence-corrected chi connectivity index (χ3v) is 3.16. The Morgan fingerprint density at radius 3 is 2.91 bits per heavy atom. The molecule has 0 saturated heterocycles. The SMILES string of the molecule is CC(C)COCC(O)CNC(=O)c1c[nH]c2cccc(F)c12. The summed E-state index contributed by atoms with van der Waals surface area (Å²) in [6.07, 6.45) is 0.669. The van der Waals surface area contributed by atoms with E-state index >= 15 is 0 Å². The van der Waals surface area contributed by atoms with Crippen LogP contribution < -0.4 is 5.32 Å². The summed E-state index contributed by atoms with van der Waals surface area (Å²) in [6.45, 7) is 4.79. The number of aromatic nitrogens is 1. The van der Waals surface area contributed by atoms with Gasteiger partial charge in [0.1, 0.15) is 5.82 Å². The van der Waals surface area contributed by atoms with Gasteiger partial charge in [0, 0.05) is 30.3 Å². The van der Waals surface area contributed by atoms with Crippen LogP contribution in [0.2, 0.25) is 0 Å². The van der Waals surface area contributed by atoms with Crippen LogP contribution in [0.5, 0.6) is 0 Å². The molecule has 0 radical (unpaired) electrons. The standard InChI is InChI=1S/C16H21FN2O3/c1-10(2)8-22-9-11(20)6-19-16(21)12-7-18-14-5-3-4-13(17)15(12)14/h3-5,7,10-11,18,20H,6,8-9H2,1-2H3,(H,19,21). The summed E-state index contributed by atoms with van der Waals surface area (Å²) in [6, 6.07) is 4.58. The van der Waals surface area contributed by atoms with Gasteiger partial charge in [-0.2, -0.15) is 0 Å². The van der Waals surface area contributed by atoms with Crippen molar-refractivity contribution in [2.24, 2.45) is 5.92 Å². The number of nitrogens with one attached hydrogen (secondary N) is 2. The first-order chi connectivity index (χ1) is 10.5. The number of rotatable bonds is 7. The molecule has 1 amide bonds. The maximum atomic E-state index is 13.8. The van der Waals surface area contributed by atoms with E-state index in [-0.39, 0.29) is 24.1 Å². The maximum Gasteiger partial charge on any atom is 0.253 e. The van der Waals surface area contributed by atoms with E-state index in [1.54, 1.807) is 12.1 Å². The minimum Gasteiger partial charge on any atom is -0.389 e. The number of fused-ring (bicyclic) bond motifs is 1. The number of halogens is 1. The number of H-pyrrole nitrogens is 1. The van der Waals surface area contributed by atoms with Gasteiger partial charge in [0.2, 0.25) is 0 Å². The molecular formula is C16H21FN2O3. The van der Waals surface area contributed by atoms with E-state index in [1.807, 2.05) is 13.8 Å². The number of aromatic amines is 1. The van der Waals surface area contributed by atoms with Gasteiger partial charge in [0.25, 0.3) is 5.91 Å². The van der Waals surface area contributed by atoms with E-state index in [9.17, 15) is 14.3 Å². The summed E-state index contributed by atoms with van der Waals surface area (Å²) in [5, 5.41) is 12.6. The number of hydrogen-bond acceptors (Lipinski definition) is 3. The molecule has 1 atom stereocenters. The van der Waals surface area contributed by atoms with Crippen molar-refractivity contribution in [2.45, 2.75) is 20.0 Å².